The highest BCUT2D eigenvalue weighted by atomic mass is 16.2. The van der Waals surface area contributed by atoms with Crippen LogP contribution in [0.5, 0.6) is 0 Å². The quantitative estimate of drug-likeness (QED) is 0.837. The molecule has 0 spiro atoms. The van der Waals surface area contributed by atoms with E-state index >= 15 is 0 Å². The number of carbonyl (C=O) groups is 2. The number of likely N-dealkylation sites (tertiary alicyclic amines) is 2. The number of hydrogen-bond donors (Lipinski definition) is 2. The molecule has 2 heterocycles. The van der Waals surface area contributed by atoms with Gasteiger partial charge in [-0.25, -0.2) is 4.79 Å². The third kappa shape index (κ3) is 4.37. The zero-order valence-corrected chi connectivity index (χ0v) is 16.8. The molecule has 0 bridgehead atoms. The van der Waals surface area contributed by atoms with E-state index in [1.807, 2.05) is 28.0 Å². The van der Waals surface area contributed by atoms with Gasteiger partial charge in [0.1, 0.15) is 0 Å². The third-order valence-electron chi connectivity index (χ3n) is 6.17. The van der Waals surface area contributed by atoms with Gasteiger partial charge in [0.25, 0.3) is 0 Å². The van der Waals surface area contributed by atoms with Crippen LogP contribution in [0.3, 0.4) is 0 Å². The first-order chi connectivity index (χ1) is 14.2. The predicted octanol–water partition coefficient (Wildman–Crippen LogP) is 2.88. The highest BCUT2D eigenvalue weighted by molar-refractivity contribution is 5.84. The summed E-state index contributed by atoms with van der Waals surface area (Å²) in [6.07, 6.45) is 3.83. The molecule has 3 N–H and O–H groups in total. The van der Waals surface area contributed by atoms with E-state index in [-0.39, 0.29) is 23.9 Å². The lowest BCUT2D eigenvalue weighted by atomic mass is 9.96. The molecule has 2 aliphatic rings. The summed E-state index contributed by atoms with van der Waals surface area (Å²) in [7, 11) is 0. The predicted molar refractivity (Wildman–Crippen MR) is 114 cm³/mol. The number of piperidine rings is 1. The fourth-order valence-corrected chi connectivity index (χ4v) is 4.47. The molecule has 0 aliphatic carbocycles. The number of hydrogen-bond acceptors (Lipinski definition) is 3. The van der Waals surface area contributed by atoms with E-state index in [2.05, 4.69) is 29.6 Å². The van der Waals surface area contributed by atoms with E-state index in [0.29, 0.717) is 13.1 Å². The molecule has 4 rings (SSSR count). The summed E-state index contributed by atoms with van der Waals surface area (Å²) in [5.41, 5.74) is 7.01. The Balaban J connectivity index is 1.41. The molecule has 2 atom stereocenters. The first kappa shape index (κ1) is 19.7. The van der Waals surface area contributed by atoms with Crippen LogP contribution in [0.1, 0.15) is 37.3 Å². The minimum absolute atomic E-state index is 0.00692. The van der Waals surface area contributed by atoms with E-state index in [0.717, 1.165) is 56.3 Å². The largest absolute Gasteiger partial charge is 0.348 e. The number of benzene rings is 2. The highest BCUT2D eigenvalue weighted by Gasteiger charge is 2.32. The first-order valence-corrected chi connectivity index (χ1v) is 10.7. The second-order valence-corrected chi connectivity index (χ2v) is 8.17. The number of amides is 3. The van der Waals surface area contributed by atoms with Crippen LogP contribution in [0.4, 0.5) is 4.79 Å². The summed E-state index contributed by atoms with van der Waals surface area (Å²) < 4.78 is 0. The summed E-state index contributed by atoms with van der Waals surface area (Å²) in [5.74, 6) is -0.183. The van der Waals surface area contributed by atoms with Crippen molar-refractivity contribution in [1.29, 1.82) is 0 Å². The monoisotopic (exact) mass is 394 g/mol. The number of fused-ring (bicyclic) bond motifs is 1. The second kappa shape index (κ2) is 8.82. The Morgan fingerprint density at radius 1 is 1.00 bits per heavy atom. The number of urea groups is 1. The average molecular weight is 395 g/mol. The molecule has 0 radical (unpaired) electrons. The molecule has 2 aromatic carbocycles. The zero-order chi connectivity index (χ0) is 20.2. The van der Waals surface area contributed by atoms with Gasteiger partial charge in [-0.15, -0.1) is 0 Å². The number of nitrogens with two attached hydrogens (primary N) is 1. The standard InChI is InChI=1S/C23H30N4O2/c24-15-21(19-10-9-17-6-1-2-7-18(17)14-19)25-22(28)20-8-5-13-27(16-20)23(29)26-11-3-4-12-26/h1-2,6-7,9-10,14,20-21H,3-5,8,11-13,15-16,24H2,(H,25,28). The van der Waals surface area contributed by atoms with Crippen molar-refractivity contribution in [2.24, 2.45) is 11.7 Å². The van der Waals surface area contributed by atoms with Crippen molar-refractivity contribution in [3.05, 3.63) is 48.0 Å². The van der Waals surface area contributed by atoms with Gasteiger partial charge in [0.15, 0.2) is 0 Å². The van der Waals surface area contributed by atoms with E-state index < -0.39 is 0 Å². The Labute approximate surface area is 172 Å². The number of carbonyl (C=O) groups excluding carboxylic acids is 2. The highest BCUT2D eigenvalue weighted by Crippen LogP contribution is 2.23. The maximum absolute atomic E-state index is 13.0. The van der Waals surface area contributed by atoms with E-state index in [1.54, 1.807) is 0 Å². The Bertz CT molecular complexity index is 878. The molecule has 2 fully saturated rings. The Morgan fingerprint density at radius 3 is 2.48 bits per heavy atom. The molecule has 6 nitrogen and oxygen atoms in total. The number of rotatable bonds is 4. The molecule has 2 saturated heterocycles. The smallest absolute Gasteiger partial charge is 0.320 e. The van der Waals surface area contributed by atoms with Crippen molar-refractivity contribution in [2.75, 3.05) is 32.7 Å². The summed E-state index contributed by atoms with van der Waals surface area (Å²) in [5, 5.41) is 5.44. The van der Waals surface area contributed by atoms with Crippen LogP contribution in [0.2, 0.25) is 0 Å². The molecule has 0 aromatic heterocycles. The molecule has 6 heteroatoms. The molecule has 2 aromatic rings. The fraction of sp³-hybridized carbons (Fsp3) is 0.478. The van der Waals surface area contributed by atoms with E-state index in [1.165, 1.54) is 5.39 Å². The molecule has 0 saturated carbocycles. The number of nitrogens with zero attached hydrogens (tertiary/aromatic N) is 2. The van der Waals surface area contributed by atoms with Crippen LogP contribution >= 0.6 is 0 Å². The van der Waals surface area contributed by atoms with Gasteiger partial charge < -0.3 is 20.9 Å². The molecule has 2 aliphatic heterocycles. The van der Waals surface area contributed by atoms with E-state index in [4.69, 9.17) is 5.73 Å². The van der Waals surface area contributed by atoms with Crippen LogP contribution in [0.25, 0.3) is 10.8 Å². The minimum atomic E-state index is -0.225. The first-order valence-electron chi connectivity index (χ1n) is 10.7. The van der Waals surface area contributed by atoms with Crippen molar-refractivity contribution in [3.63, 3.8) is 0 Å². The van der Waals surface area contributed by atoms with Crippen molar-refractivity contribution in [2.45, 2.75) is 31.7 Å². The van der Waals surface area contributed by atoms with Crippen molar-refractivity contribution < 1.29 is 9.59 Å². The van der Waals surface area contributed by atoms with E-state index in [9.17, 15) is 9.59 Å². The maximum Gasteiger partial charge on any atom is 0.320 e. The summed E-state index contributed by atoms with van der Waals surface area (Å²) >= 11 is 0. The summed E-state index contributed by atoms with van der Waals surface area (Å²) in [6, 6.07) is 14.2. The van der Waals surface area contributed by atoms with Gasteiger partial charge in [-0.3, -0.25) is 4.79 Å². The third-order valence-corrected chi connectivity index (χ3v) is 6.17. The lowest BCUT2D eigenvalue weighted by Gasteiger charge is -2.35. The maximum atomic E-state index is 13.0. The average Bonchev–Trinajstić information content (AvgIpc) is 3.31. The van der Waals surface area contributed by atoms with Gasteiger partial charge in [-0.05, 0) is 48.1 Å². The van der Waals surface area contributed by atoms with Gasteiger partial charge in [-0.2, -0.15) is 0 Å². The van der Waals surface area contributed by atoms with Crippen LogP contribution in [0, 0.1) is 5.92 Å². The lowest BCUT2D eigenvalue weighted by Crippen LogP contribution is -2.50. The summed E-state index contributed by atoms with van der Waals surface area (Å²) in [6.45, 7) is 3.25. The molecule has 3 amide bonds. The Hall–Kier alpha value is -2.60. The zero-order valence-electron chi connectivity index (χ0n) is 16.8. The molecular weight excluding hydrogens is 364 g/mol. The van der Waals surface area contributed by atoms with Gasteiger partial charge in [0.2, 0.25) is 5.91 Å². The Kier molecular flexibility index (Phi) is 6.00. The number of nitrogens with one attached hydrogen (secondary N) is 1. The van der Waals surface area contributed by atoms with Crippen molar-refractivity contribution in [3.8, 4) is 0 Å². The normalized spacial score (nSPS) is 20.7. The molecule has 154 valence electrons. The van der Waals surface area contributed by atoms with Gasteiger partial charge in [-0.1, -0.05) is 36.4 Å². The van der Waals surface area contributed by atoms with Crippen LogP contribution < -0.4 is 11.1 Å². The Morgan fingerprint density at radius 2 is 1.72 bits per heavy atom. The minimum Gasteiger partial charge on any atom is -0.348 e. The van der Waals surface area contributed by atoms with Gasteiger partial charge in [0.05, 0.1) is 12.0 Å². The van der Waals surface area contributed by atoms with Crippen LogP contribution in [-0.2, 0) is 4.79 Å². The second-order valence-electron chi connectivity index (χ2n) is 8.17. The van der Waals surface area contributed by atoms with Crippen molar-refractivity contribution >= 4 is 22.7 Å². The molecular formula is C23H30N4O2. The summed E-state index contributed by atoms with van der Waals surface area (Å²) in [4.78, 5) is 29.4. The lowest BCUT2D eigenvalue weighted by molar-refractivity contribution is -0.127. The van der Waals surface area contributed by atoms with Crippen molar-refractivity contribution in [1.82, 2.24) is 15.1 Å². The molecule has 2 unspecified atom stereocenters. The van der Waals surface area contributed by atoms with Gasteiger partial charge in [0, 0.05) is 32.7 Å². The van der Waals surface area contributed by atoms with Gasteiger partial charge >= 0.3 is 6.03 Å². The van der Waals surface area contributed by atoms with Crippen LogP contribution in [-0.4, -0.2) is 54.5 Å². The molecule has 29 heavy (non-hydrogen) atoms. The topological polar surface area (TPSA) is 78.7 Å². The SMILES string of the molecule is NCC(NC(=O)C1CCCN(C(=O)N2CCCC2)C1)c1ccc2ccccc2c1. The van der Waals surface area contributed by atoms with Crippen LogP contribution in [0.15, 0.2) is 42.5 Å². The fourth-order valence-electron chi connectivity index (χ4n) is 4.47.